The van der Waals surface area contributed by atoms with Gasteiger partial charge in [0.15, 0.2) is 0 Å². The van der Waals surface area contributed by atoms with E-state index < -0.39 is 21.8 Å². The van der Waals surface area contributed by atoms with E-state index in [1.54, 1.807) is 18.2 Å². The summed E-state index contributed by atoms with van der Waals surface area (Å²) in [5.41, 5.74) is 0.611. The number of carbonyl (C=O) groups is 1. The SMILES string of the molecule is COc1ccc(S(=O)(=O)NCCc2ccc(SCC(=O)O)c(F)c2)cc1. The van der Waals surface area contributed by atoms with Crippen LogP contribution in [0.5, 0.6) is 5.75 Å². The molecule has 0 amide bonds. The van der Waals surface area contributed by atoms with E-state index in [0.29, 0.717) is 17.7 Å². The van der Waals surface area contributed by atoms with Crippen molar-refractivity contribution >= 4 is 27.8 Å². The fourth-order valence-corrected chi connectivity index (χ4v) is 3.80. The van der Waals surface area contributed by atoms with E-state index in [1.165, 1.54) is 31.4 Å². The van der Waals surface area contributed by atoms with Gasteiger partial charge < -0.3 is 9.84 Å². The van der Waals surface area contributed by atoms with Crippen LogP contribution in [0.15, 0.2) is 52.3 Å². The minimum absolute atomic E-state index is 0.107. The summed E-state index contributed by atoms with van der Waals surface area (Å²) in [5, 5.41) is 8.62. The van der Waals surface area contributed by atoms with Gasteiger partial charge in [0.1, 0.15) is 11.6 Å². The zero-order valence-corrected chi connectivity index (χ0v) is 15.6. The molecule has 140 valence electrons. The largest absolute Gasteiger partial charge is 0.497 e. The van der Waals surface area contributed by atoms with Gasteiger partial charge in [0.25, 0.3) is 0 Å². The molecule has 2 aromatic rings. The van der Waals surface area contributed by atoms with E-state index in [0.717, 1.165) is 11.8 Å². The maximum Gasteiger partial charge on any atom is 0.313 e. The van der Waals surface area contributed by atoms with Crippen LogP contribution in [0.3, 0.4) is 0 Å². The molecule has 0 radical (unpaired) electrons. The van der Waals surface area contributed by atoms with Crippen LogP contribution in [0.4, 0.5) is 4.39 Å². The Kier molecular flexibility index (Phi) is 7.01. The molecule has 0 aliphatic rings. The van der Waals surface area contributed by atoms with E-state index in [4.69, 9.17) is 9.84 Å². The molecule has 0 aliphatic heterocycles. The molecule has 2 N–H and O–H groups in total. The first-order valence-corrected chi connectivity index (χ1v) is 10.1. The van der Waals surface area contributed by atoms with Crippen LogP contribution in [-0.2, 0) is 21.2 Å². The number of sulfonamides is 1. The van der Waals surface area contributed by atoms with Gasteiger partial charge in [0.05, 0.1) is 17.8 Å². The fraction of sp³-hybridized carbons (Fsp3) is 0.235. The number of hydrogen-bond acceptors (Lipinski definition) is 5. The smallest absolute Gasteiger partial charge is 0.313 e. The van der Waals surface area contributed by atoms with Gasteiger partial charge in [-0.3, -0.25) is 4.79 Å². The second-order valence-corrected chi connectivity index (χ2v) is 8.05. The maximum absolute atomic E-state index is 13.9. The lowest BCUT2D eigenvalue weighted by Crippen LogP contribution is -2.26. The number of rotatable bonds is 9. The number of carboxylic acid groups (broad SMARTS) is 1. The third-order valence-corrected chi connectivity index (χ3v) is 5.93. The monoisotopic (exact) mass is 399 g/mol. The van der Waals surface area contributed by atoms with E-state index in [2.05, 4.69) is 4.72 Å². The number of nitrogens with one attached hydrogen (secondary N) is 1. The van der Waals surface area contributed by atoms with Crippen molar-refractivity contribution in [3.05, 3.63) is 53.8 Å². The van der Waals surface area contributed by atoms with Crippen LogP contribution in [0.25, 0.3) is 0 Å². The lowest BCUT2D eigenvalue weighted by atomic mass is 10.1. The highest BCUT2D eigenvalue weighted by molar-refractivity contribution is 8.00. The van der Waals surface area contributed by atoms with Crippen LogP contribution in [0, 0.1) is 5.82 Å². The molecule has 26 heavy (non-hydrogen) atoms. The summed E-state index contributed by atoms with van der Waals surface area (Å²) in [4.78, 5) is 10.9. The summed E-state index contributed by atoms with van der Waals surface area (Å²) in [6.07, 6.45) is 0.302. The number of thioether (sulfide) groups is 1. The Morgan fingerprint density at radius 3 is 2.50 bits per heavy atom. The summed E-state index contributed by atoms with van der Waals surface area (Å²) >= 11 is 0.896. The van der Waals surface area contributed by atoms with Crippen LogP contribution in [-0.4, -0.2) is 38.9 Å². The molecule has 2 rings (SSSR count). The first-order valence-electron chi connectivity index (χ1n) is 7.58. The molecule has 2 aromatic carbocycles. The molecule has 0 saturated heterocycles. The summed E-state index contributed by atoms with van der Waals surface area (Å²) in [7, 11) is -2.17. The average molecular weight is 399 g/mol. The van der Waals surface area contributed by atoms with Gasteiger partial charge in [0.2, 0.25) is 10.0 Å². The molecular weight excluding hydrogens is 381 g/mol. The highest BCUT2D eigenvalue weighted by atomic mass is 32.2. The molecule has 0 heterocycles. The second-order valence-electron chi connectivity index (χ2n) is 5.27. The third-order valence-electron chi connectivity index (χ3n) is 3.42. The van der Waals surface area contributed by atoms with Crippen molar-refractivity contribution in [3.8, 4) is 5.75 Å². The predicted molar refractivity (Wildman–Crippen MR) is 96.6 cm³/mol. The molecule has 9 heteroatoms. The zero-order valence-electron chi connectivity index (χ0n) is 13.9. The zero-order chi connectivity index (χ0) is 19.2. The van der Waals surface area contributed by atoms with Gasteiger partial charge in [-0.15, -0.1) is 11.8 Å². The van der Waals surface area contributed by atoms with Crippen LogP contribution < -0.4 is 9.46 Å². The first-order chi connectivity index (χ1) is 12.3. The van der Waals surface area contributed by atoms with Crippen molar-refractivity contribution in [2.24, 2.45) is 0 Å². The topological polar surface area (TPSA) is 92.7 Å². The maximum atomic E-state index is 13.9. The van der Waals surface area contributed by atoms with Crippen LogP contribution >= 0.6 is 11.8 Å². The van der Waals surface area contributed by atoms with Crippen molar-refractivity contribution in [2.45, 2.75) is 16.2 Å². The Morgan fingerprint density at radius 2 is 1.92 bits per heavy atom. The molecule has 6 nitrogen and oxygen atoms in total. The number of methoxy groups -OCH3 is 1. The van der Waals surface area contributed by atoms with Crippen molar-refractivity contribution in [3.63, 3.8) is 0 Å². The van der Waals surface area contributed by atoms with Crippen molar-refractivity contribution in [2.75, 3.05) is 19.4 Å². The van der Waals surface area contributed by atoms with Gasteiger partial charge in [-0.1, -0.05) is 6.07 Å². The summed E-state index contributed by atoms with van der Waals surface area (Å²) < 4.78 is 45.8. The number of halogens is 1. The molecule has 0 spiro atoms. The van der Waals surface area contributed by atoms with E-state index in [1.807, 2.05) is 0 Å². The van der Waals surface area contributed by atoms with Gasteiger partial charge in [-0.05, 0) is 48.4 Å². The molecule has 0 saturated carbocycles. The normalized spacial score (nSPS) is 11.3. The van der Waals surface area contributed by atoms with Crippen LogP contribution in [0.2, 0.25) is 0 Å². The predicted octanol–water partition coefficient (Wildman–Crippen LogP) is 2.53. The Balaban J connectivity index is 1.93. The number of aliphatic carboxylic acids is 1. The first kappa shape index (κ1) is 20.2. The summed E-state index contributed by atoms with van der Waals surface area (Å²) in [6, 6.07) is 10.4. The second kappa shape index (κ2) is 9.02. The lowest BCUT2D eigenvalue weighted by Gasteiger charge is -2.08. The number of ether oxygens (including phenoxy) is 1. The third kappa shape index (κ3) is 5.72. The highest BCUT2D eigenvalue weighted by Gasteiger charge is 2.13. The van der Waals surface area contributed by atoms with Gasteiger partial charge in [-0.2, -0.15) is 0 Å². The molecule has 0 aromatic heterocycles. The van der Waals surface area contributed by atoms with Crippen molar-refractivity contribution in [1.82, 2.24) is 4.72 Å². The van der Waals surface area contributed by atoms with E-state index >= 15 is 0 Å². The summed E-state index contributed by atoms with van der Waals surface area (Å²) in [5.74, 6) is -1.21. The highest BCUT2D eigenvalue weighted by Crippen LogP contribution is 2.22. The minimum atomic E-state index is -3.66. The molecule has 0 unspecified atom stereocenters. The molecular formula is C17H18FNO5S2. The Morgan fingerprint density at radius 1 is 1.23 bits per heavy atom. The van der Waals surface area contributed by atoms with E-state index in [9.17, 15) is 17.6 Å². The fourth-order valence-electron chi connectivity index (χ4n) is 2.12. The van der Waals surface area contributed by atoms with Gasteiger partial charge in [0, 0.05) is 11.4 Å². The summed E-state index contributed by atoms with van der Waals surface area (Å²) in [6.45, 7) is 0.107. The van der Waals surface area contributed by atoms with Crippen molar-refractivity contribution < 1.29 is 27.4 Å². The number of hydrogen-bond donors (Lipinski definition) is 2. The molecule has 0 atom stereocenters. The standard InChI is InChI=1S/C17H18FNO5S2/c1-24-13-3-5-14(6-4-13)26(22,23)19-9-8-12-2-7-16(15(18)10-12)25-11-17(20)21/h2-7,10,19H,8-9,11H2,1H3,(H,20,21). The lowest BCUT2D eigenvalue weighted by molar-refractivity contribution is -0.133. The van der Waals surface area contributed by atoms with E-state index in [-0.39, 0.29) is 22.1 Å². The minimum Gasteiger partial charge on any atom is -0.497 e. The molecule has 0 aliphatic carbocycles. The average Bonchev–Trinajstić information content (AvgIpc) is 2.60. The Labute approximate surface area is 155 Å². The van der Waals surface area contributed by atoms with Crippen molar-refractivity contribution in [1.29, 1.82) is 0 Å². The number of carboxylic acids is 1. The van der Waals surface area contributed by atoms with Gasteiger partial charge >= 0.3 is 5.97 Å². The van der Waals surface area contributed by atoms with Gasteiger partial charge in [-0.25, -0.2) is 17.5 Å². The quantitative estimate of drug-likeness (QED) is 0.630. The molecule has 0 fully saturated rings. The molecule has 0 bridgehead atoms. The number of benzene rings is 2. The Bertz CT molecular complexity index is 869. The van der Waals surface area contributed by atoms with Crippen LogP contribution in [0.1, 0.15) is 5.56 Å². The Hall–Kier alpha value is -2.10.